The Kier molecular flexibility index (Phi) is 5.30. The minimum Gasteiger partial charge on any atom is -0.480 e. The van der Waals surface area contributed by atoms with E-state index in [2.05, 4.69) is 10.3 Å². The quantitative estimate of drug-likeness (QED) is 0.796. The third-order valence-corrected chi connectivity index (χ3v) is 2.88. The van der Waals surface area contributed by atoms with Crippen LogP contribution in [0.1, 0.15) is 25.8 Å². The second kappa shape index (κ2) is 6.74. The van der Waals surface area contributed by atoms with Crippen LogP contribution in [-0.2, 0) is 16.0 Å². The van der Waals surface area contributed by atoms with Gasteiger partial charge in [-0.25, -0.2) is 4.79 Å². The first-order chi connectivity index (χ1) is 8.54. The van der Waals surface area contributed by atoms with E-state index in [9.17, 15) is 9.59 Å². The fraction of sp³-hybridized carbons (Fsp3) is 0.462. The number of nitrogens with zero attached hydrogens (tertiary/aromatic N) is 1. The second-order valence-electron chi connectivity index (χ2n) is 4.31. The van der Waals surface area contributed by atoms with E-state index in [0.717, 1.165) is 5.56 Å². The molecule has 0 radical (unpaired) electrons. The summed E-state index contributed by atoms with van der Waals surface area (Å²) in [6.07, 6.45) is 4.07. The van der Waals surface area contributed by atoms with Crippen molar-refractivity contribution in [2.24, 2.45) is 5.92 Å². The summed E-state index contributed by atoms with van der Waals surface area (Å²) in [7, 11) is 0. The number of aliphatic carboxylic acids is 1. The van der Waals surface area contributed by atoms with Gasteiger partial charge in [0.25, 0.3) is 0 Å². The molecule has 5 nitrogen and oxygen atoms in total. The minimum absolute atomic E-state index is 0.0969. The largest absolute Gasteiger partial charge is 0.480 e. The van der Waals surface area contributed by atoms with Crippen molar-refractivity contribution in [3.05, 3.63) is 30.1 Å². The summed E-state index contributed by atoms with van der Waals surface area (Å²) in [5.74, 6) is -1.39. The summed E-state index contributed by atoms with van der Waals surface area (Å²) < 4.78 is 0. The zero-order chi connectivity index (χ0) is 13.5. The lowest BCUT2D eigenvalue weighted by molar-refractivity contribution is -0.143. The average molecular weight is 250 g/mol. The standard InChI is InChI=1S/C13H18N2O3/c1-3-9(2)12(13(17)18)15-11(16)7-10-5-4-6-14-8-10/h4-6,8-9,12H,3,7H2,1-2H3,(H,15,16)(H,17,18). The fourth-order valence-electron chi connectivity index (χ4n) is 1.60. The van der Waals surface area contributed by atoms with Crippen LogP contribution in [0.3, 0.4) is 0 Å². The Bertz CT molecular complexity index is 406. The van der Waals surface area contributed by atoms with E-state index in [1.165, 1.54) is 0 Å². The Balaban J connectivity index is 2.60. The number of aromatic nitrogens is 1. The lowest BCUT2D eigenvalue weighted by Crippen LogP contribution is -2.45. The van der Waals surface area contributed by atoms with Gasteiger partial charge in [0.05, 0.1) is 6.42 Å². The molecule has 2 atom stereocenters. The summed E-state index contributed by atoms with van der Waals surface area (Å²) in [5.41, 5.74) is 0.767. The predicted octanol–water partition coefficient (Wildman–Crippen LogP) is 1.24. The highest BCUT2D eigenvalue weighted by Crippen LogP contribution is 2.08. The third kappa shape index (κ3) is 4.16. The van der Waals surface area contributed by atoms with Crippen LogP contribution in [0, 0.1) is 5.92 Å². The van der Waals surface area contributed by atoms with E-state index in [1.54, 1.807) is 24.5 Å². The van der Waals surface area contributed by atoms with Crippen LogP contribution < -0.4 is 5.32 Å². The monoisotopic (exact) mass is 250 g/mol. The van der Waals surface area contributed by atoms with Crippen molar-refractivity contribution < 1.29 is 14.7 Å². The number of carbonyl (C=O) groups excluding carboxylic acids is 1. The Morgan fingerprint density at radius 1 is 1.50 bits per heavy atom. The van der Waals surface area contributed by atoms with E-state index in [1.807, 2.05) is 13.8 Å². The van der Waals surface area contributed by atoms with Gasteiger partial charge in [-0.1, -0.05) is 26.3 Å². The van der Waals surface area contributed by atoms with Gasteiger partial charge in [-0.2, -0.15) is 0 Å². The van der Waals surface area contributed by atoms with Crippen molar-refractivity contribution in [1.29, 1.82) is 0 Å². The molecule has 2 N–H and O–H groups in total. The highest BCUT2D eigenvalue weighted by Gasteiger charge is 2.25. The molecule has 1 rings (SSSR count). The summed E-state index contributed by atoms with van der Waals surface area (Å²) in [4.78, 5) is 26.7. The van der Waals surface area contributed by atoms with Crippen LogP contribution in [0.4, 0.5) is 0 Å². The SMILES string of the molecule is CCC(C)C(NC(=O)Cc1cccnc1)C(=O)O. The van der Waals surface area contributed by atoms with Crippen LogP contribution in [0.2, 0.25) is 0 Å². The summed E-state index contributed by atoms with van der Waals surface area (Å²) >= 11 is 0. The maximum absolute atomic E-state index is 11.7. The van der Waals surface area contributed by atoms with Crippen molar-refractivity contribution in [3.63, 3.8) is 0 Å². The molecule has 0 bridgehead atoms. The van der Waals surface area contributed by atoms with Crippen LogP contribution in [-0.4, -0.2) is 28.0 Å². The van der Waals surface area contributed by atoms with E-state index in [4.69, 9.17) is 5.11 Å². The summed E-state index contributed by atoms with van der Waals surface area (Å²) in [6, 6.07) is 2.69. The van der Waals surface area contributed by atoms with Crippen molar-refractivity contribution in [2.75, 3.05) is 0 Å². The maximum Gasteiger partial charge on any atom is 0.326 e. The van der Waals surface area contributed by atoms with Crippen molar-refractivity contribution in [1.82, 2.24) is 10.3 Å². The lowest BCUT2D eigenvalue weighted by Gasteiger charge is -2.20. The Morgan fingerprint density at radius 3 is 2.72 bits per heavy atom. The second-order valence-corrected chi connectivity index (χ2v) is 4.31. The topological polar surface area (TPSA) is 79.3 Å². The number of hydrogen-bond acceptors (Lipinski definition) is 3. The number of pyridine rings is 1. The average Bonchev–Trinajstić information content (AvgIpc) is 2.36. The van der Waals surface area contributed by atoms with Gasteiger partial charge in [-0.3, -0.25) is 9.78 Å². The first kappa shape index (κ1) is 14.2. The zero-order valence-corrected chi connectivity index (χ0v) is 10.6. The van der Waals surface area contributed by atoms with Crippen molar-refractivity contribution in [2.45, 2.75) is 32.7 Å². The van der Waals surface area contributed by atoms with Gasteiger partial charge in [0.1, 0.15) is 6.04 Å². The van der Waals surface area contributed by atoms with Crippen LogP contribution in [0.25, 0.3) is 0 Å². The van der Waals surface area contributed by atoms with Gasteiger partial charge in [-0.15, -0.1) is 0 Å². The number of hydrogen-bond donors (Lipinski definition) is 2. The molecular formula is C13H18N2O3. The molecule has 1 heterocycles. The Morgan fingerprint density at radius 2 is 2.22 bits per heavy atom. The molecule has 0 aliphatic carbocycles. The van der Waals surface area contributed by atoms with Gasteiger partial charge in [0.15, 0.2) is 0 Å². The first-order valence-electron chi connectivity index (χ1n) is 5.95. The number of carbonyl (C=O) groups is 2. The molecule has 0 fully saturated rings. The van der Waals surface area contributed by atoms with E-state index < -0.39 is 12.0 Å². The number of carboxylic acids is 1. The Hall–Kier alpha value is -1.91. The lowest BCUT2D eigenvalue weighted by atomic mass is 9.99. The van der Waals surface area contributed by atoms with E-state index in [0.29, 0.717) is 6.42 Å². The molecule has 0 aliphatic heterocycles. The molecule has 5 heteroatoms. The van der Waals surface area contributed by atoms with Gasteiger partial charge >= 0.3 is 5.97 Å². The molecular weight excluding hydrogens is 232 g/mol. The molecule has 0 spiro atoms. The van der Waals surface area contributed by atoms with Crippen LogP contribution >= 0.6 is 0 Å². The molecule has 1 amide bonds. The number of carboxylic acid groups (broad SMARTS) is 1. The molecule has 98 valence electrons. The molecule has 18 heavy (non-hydrogen) atoms. The van der Waals surface area contributed by atoms with Gasteiger partial charge in [-0.05, 0) is 17.5 Å². The Labute approximate surface area is 106 Å². The number of rotatable bonds is 6. The third-order valence-electron chi connectivity index (χ3n) is 2.88. The summed E-state index contributed by atoms with van der Waals surface area (Å²) in [6.45, 7) is 3.71. The summed E-state index contributed by atoms with van der Waals surface area (Å²) in [5, 5.41) is 11.6. The van der Waals surface area contributed by atoms with E-state index >= 15 is 0 Å². The van der Waals surface area contributed by atoms with Crippen LogP contribution in [0.5, 0.6) is 0 Å². The highest BCUT2D eigenvalue weighted by molar-refractivity contribution is 5.84. The van der Waals surface area contributed by atoms with Crippen LogP contribution in [0.15, 0.2) is 24.5 Å². The molecule has 0 saturated carbocycles. The van der Waals surface area contributed by atoms with E-state index in [-0.39, 0.29) is 18.2 Å². The molecule has 0 aliphatic rings. The fourth-order valence-corrected chi connectivity index (χ4v) is 1.60. The maximum atomic E-state index is 11.7. The predicted molar refractivity (Wildman–Crippen MR) is 67.0 cm³/mol. The van der Waals surface area contributed by atoms with Gasteiger partial charge < -0.3 is 10.4 Å². The first-order valence-corrected chi connectivity index (χ1v) is 5.95. The number of nitrogens with one attached hydrogen (secondary N) is 1. The normalized spacial score (nSPS) is 13.7. The van der Waals surface area contributed by atoms with Crippen molar-refractivity contribution in [3.8, 4) is 0 Å². The molecule has 0 aromatic carbocycles. The minimum atomic E-state index is -0.996. The smallest absolute Gasteiger partial charge is 0.326 e. The van der Waals surface area contributed by atoms with Gasteiger partial charge in [0, 0.05) is 12.4 Å². The molecule has 0 saturated heterocycles. The number of amides is 1. The molecule has 2 unspecified atom stereocenters. The molecule has 1 aromatic rings. The van der Waals surface area contributed by atoms with Crippen molar-refractivity contribution >= 4 is 11.9 Å². The zero-order valence-electron chi connectivity index (χ0n) is 10.6. The molecule has 1 aromatic heterocycles. The highest BCUT2D eigenvalue weighted by atomic mass is 16.4. The van der Waals surface area contributed by atoms with Gasteiger partial charge in [0.2, 0.25) is 5.91 Å².